The second-order valence-electron chi connectivity index (χ2n) is 4.67. The standard InChI is InChI=1S/C15H13N3O4/c1-17-4-3-10(7-17)13(19)9-18-8-12(15(21)22-2)5-11(6-16)14(18)20/h3-5,7-8H,9H2,1-2H3. The fourth-order valence-electron chi connectivity index (χ4n) is 1.98. The van der Waals surface area contributed by atoms with Crippen LogP contribution in [0.2, 0.25) is 0 Å². The third kappa shape index (κ3) is 2.96. The van der Waals surface area contributed by atoms with Gasteiger partial charge in [-0.25, -0.2) is 4.79 Å². The lowest BCUT2D eigenvalue weighted by molar-refractivity contribution is 0.0599. The van der Waals surface area contributed by atoms with E-state index in [0.29, 0.717) is 5.56 Å². The molecular formula is C15H13N3O4. The molecule has 0 aliphatic heterocycles. The van der Waals surface area contributed by atoms with Gasteiger partial charge in [-0.15, -0.1) is 0 Å². The van der Waals surface area contributed by atoms with Gasteiger partial charge in [0.15, 0.2) is 5.78 Å². The third-order valence-corrected chi connectivity index (χ3v) is 3.10. The van der Waals surface area contributed by atoms with Crippen molar-refractivity contribution in [3.05, 3.63) is 57.8 Å². The molecule has 0 aliphatic rings. The summed E-state index contributed by atoms with van der Waals surface area (Å²) in [6.45, 7) is -0.262. The highest BCUT2D eigenvalue weighted by atomic mass is 16.5. The van der Waals surface area contributed by atoms with Gasteiger partial charge in [0.2, 0.25) is 0 Å². The molecule has 0 bridgehead atoms. The number of nitriles is 1. The van der Waals surface area contributed by atoms with Crippen molar-refractivity contribution >= 4 is 11.8 Å². The highest BCUT2D eigenvalue weighted by molar-refractivity contribution is 5.96. The Labute approximate surface area is 126 Å². The van der Waals surface area contributed by atoms with Crippen molar-refractivity contribution < 1.29 is 14.3 Å². The normalized spacial score (nSPS) is 10.0. The Hall–Kier alpha value is -3.14. The van der Waals surface area contributed by atoms with Crippen LogP contribution in [0.1, 0.15) is 26.3 Å². The number of methoxy groups -OCH3 is 1. The predicted molar refractivity (Wildman–Crippen MR) is 76.5 cm³/mol. The smallest absolute Gasteiger partial charge is 0.339 e. The van der Waals surface area contributed by atoms with Gasteiger partial charge >= 0.3 is 5.97 Å². The Morgan fingerprint density at radius 2 is 2.05 bits per heavy atom. The van der Waals surface area contributed by atoms with Crippen molar-refractivity contribution in [2.75, 3.05) is 7.11 Å². The van der Waals surface area contributed by atoms with Crippen LogP contribution in [-0.2, 0) is 18.3 Å². The van der Waals surface area contributed by atoms with Crippen LogP contribution < -0.4 is 5.56 Å². The van der Waals surface area contributed by atoms with Crippen LogP contribution in [0.5, 0.6) is 0 Å². The first-order valence-electron chi connectivity index (χ1n) is 6.34. The fourth-order valence-corrected chi connectivity index (χ4v) is 1.98. The molecule has 0 N–H and O–H groups in total. The summed E-state index contributed by atoms with van der Waals surface area (Å²) in [7, 11) is 2.97. The minimum Gasteiger partial charge on any atom is -0.465 e. The Balaban J connectivity index is 2.42. The van der Waals surface area contributed by atoms with E-state index in [2.05, 4.69) is 4.74 Å². The monoisotopic (exact) mass is 299 g/mol. The molecule has 2 rings (SSSR count). The number of hydrogen-bond donors (Lipinski definition) is 0. The molecule has 0 saturated carbocycles. The van der Waals surface area contributed by atoms with Gasteiger partial charge in [0.05, 0.1) is 19.2 Å². The van der Waals surface area contributed by atoms with E-state index in [1.165, 1.54) is 13.3 Å². The van der Waals surface area contributed by atoms with Gasteiger partial charge in [-0.2, -0.15) is 5.26 Å². The van der Waals surface area contributed by atoms with E-state index in [9.17, 15) is 14.4 Å². The lowest BCUT2D eigenvalue weighted by atomic mass is 10.2. The zero-order valence-electron chi connectivity index (χ0n) is 12.1. The van der Waals surface area contributed by atoms with Crippen LogP contribution in [0.15, 0.2) is 35.5 Å². The van der Waals surface area contributed by atoms with Gasteiger partial charge < -0.3 is 13.9 Å². The average Bonchev–Trinajstić information content (AvgIpc) is 2.95. The molecule has 0 atom stereocenters. The number of pyridine rings is 1. The van der Waals surface area contributed by atoms with Crippen molar-refractivity contribution in [3.63, 3.8) is 0 Å². The molecule has 0 radical (unpaired) electrons. The highest BCUT2D eigenvalue weighted by Crippen LogP contribution is 2.06. The van der Waals surface area contributed by atoms with E-state index in [4.69, 9.17) is 5.26 Å². The number of rotatable bonds is 4. The fraction of sp³-hybridized carbons (Fsp3) is 0.200. The maximum Gasteiger partial charge on any atom is 0.339 e. The van der Waals surface area contributed by atoms with E-state index in [-0.39, 0.29) is 23.5 Å². The van der Waals surface area contributed by atoms with Crippen molar-refractivity contribution in [1.82, 2.24) is 9.13 Å². The molecule has 0 aliphatic carbocycles. The molecule has 0 fully saturated rings. The molecular weight excluding hydrogens is 286 g/mol. The van der Waals surface area contributed by atoms with E-state index in [1.807, 2.05) is 0 Å². The average molecular weight is 299 g/mol. The Kier molecular flexibility index (Phi) is 4.23. The summed E-state index contributed by atoms with van der Waals surface area (Å²) in [5.74, 6) is -0.981. The summed E-state index contributed by atoms with van der Waals surface area (Å²) in [5, 5.41) is 8.97. The van der Waals surface area contributed by atoms with Gasteiger partial charge in [0.25, 0.3) is 5.56 Å². The lowest BCUT2D eigenvalue weighted by Gasteiger charge is -2.07. The number of ether oxygens (including phenoxy) is 1. The predicted octanol–water partition coefficient (Wildman–Crippen LogP) is 0.728. The summed E-state index contributed by atoms with van der Waals surface area (Å²) < 4.78 is 7.32. The summed E-state index contributed by atoms with van der Waals surface area (Å²) in [5.41, 5.74) is -0.362. The van der Waals surface area contributed by atoms with E-state index in [1.54, 1.807) is 36.1 Å². The van der Waals surface area contributed by atoms with Crippen molar-refractivity contribution in [2.24, 2.45) is 7.05 Å². The third-order valence-electron chi connectivity index (χ3n) is 3.10. The number of aromatic nitrogens is 2. The molecule has 22 heavy (non-hydrogen) atoms. The molecule has 2 heterocycles. The Bertz CT molecular complexity index is 839. The summed E-state index contributed by atoms with van der Waals surface area (Å²) in [6, 6.07) is 4.49. The van der Waals surface area contributed by atoms with Gasteiger partial charge in [0, 0.05) is 31.2 Å². The molecule has 0 amide bonds. The van der Waals surface area contributed by atoms with E-state index >= 15 is 0 Å². The quantitative estimate of drug-likeness (QED) is 0.612. The summed E-state index contributed by atoms with van der Waals surface area (Å²) in [4.78, 5) is 35.8. The van der Waals surface area contributed by atoms with E-state index < -0.39 is 11.5 Å². The van der Waals surface area contributed by atoms with E-state index in [0.717, 1.165) is 10.6 Å². The largest absolute Gasteiger partial charge is 0.465 e. The molecule has 0 spiro atoms. The van der Waals surface area contributed by atoms with Crippen molar-refractivity contribution in [1.29, 1.82) is 5.26 Å². The van der Waals surface area contributed by atoms with Gasteiger partial charge in [-0.05, 0) is 12.1 Å². The number of Topliss-reactive ketones (excluding diaryl/α,β-unsaturated/α-hetero) is 1. The number of hydrogen-bond acceptors (Lipinski definition) is 5. The number of carbonyl (C=O) groups is 2. The molecule has 0 saturated heterocycles. The molecule has 0 unspecified atom stereocenters. The van der Waals surface area contributed by atoms with Crippen LogP contribution >= 0.6 is 0 Å². The Morgan fingerprint density at radius 1 is 1.32 bits per heavy atom. The van der Waals surface area contributed by atoms with Gasteiger partial charge in [-0.3, -0.25) is 9.59 Å². The number of aryl methyl sites for hydroxylation is 1. The van der Waals surface area contributed by atoms with Crippen LogP contribution in [-0.4, -0.2) is 28.0 Å². The molecule has 7 nitrogen and oxygen atoms in total. The zero-order valence-corrected chi connectivity index (χ0v) is 12.1. The molecule has 2 aromatic heterocycles. The molecule has 7 heteroatoms. The summed E-state index contributed by atoms with van der Waals surface area (Å²) in [6.07, 6.45) is 4.56. The number of esters is 1. The minimum atomic E-state index is -0.683. The highest BCUT2D eigenvalue weighted by Gasteiger charge is 2.15. The topological polar surface area (TPSA) is 94.1 Å². The molecule has 112 valence electrons. The SMILES string of the molecule is COC(=O)c1cc(C#N)c(=O)n(CC(=O)c2ccn(C)c2)c1. The second-order valence-corrected chi connectivity index (χ2v) is 4.67. The number of carbonyl (C=O) groups excluding carboxylic acids is 2. The number of nitrogens with zero attached hydrogens (tertiary/aromatic N) is 3. The zero-order chi connectivity index (χ0) is 16.3. The number of ketones is 1. The van der Waals surface area contributed by atoms with Gasteiger partial charge in [-0.1, -0.05) is 0 Å². The van der Waals surface area contributed by atoms with Crippen LogP contribution in [0.25, 0.3) is 0 Å². The van der Waals surface area contributed by atoms with Crippen molar-refractivity contribution in [3.8, 4) is 6.07 Å². The molecule has 2 aromatic rings. The maximum absolute atomic E-state index is 12.2. The van der Waals surface area contributed by atoms with Crippen LogP contribution in [0.4, 0.5) is 0 Å². The van der Waals surface area contributed by atoms with Crippen molar-refractivity contribution in [2.45, 2.75) is 6.54 Å². The first-order chi connectivity index (χ1) is 10.5. The first-order valence-corrected chi connectivity index (χ1v) is 6.34. The lowest BCUT2D eigenvalue weighted by Crippen LogP contribution is -2.27. The second kappa shape index (κ2) is 6.10. The molecule has 0 aromatic carbocycles. The van der Waals surface area contributed by atoms with Crippen LogP contribution in [0.3, 0.4) is 0 Å². The van der Waals surface area contributed by atoms with Gasteiger partial charge in [0.1, 0.15) is 11.6 Å². The Morgan fingerprint density at radius 3 is 2.59 bits per heavy atom. The first kappa shape index (κ1) is 15.3. The summed E-state index contributed by atoms with van der Waals surface area (Å²) >= 11 is 0. The van der Waals surface area contributed by atoms with Crippen LogP contribution in [0, 0.1) is 11.3 Å². The minimum absolute atomic E-state index is 0.0412. The maximum atomic E-state index is 12.2.